The molecule has 0 unspecified atom stereocenters. The first-order chi connectivity index (χ1) is 6.09. The number of likely N-dealkylation sites (N-methyl/N-ethyl adjacent to an activating group) is 1. The minimum absolute atomic E-state index is 1.00. The Labute approximate surface area is 81.5 Å². The minimum atomic E-state index is 1.00. The molecule has 1 aliphatic heterocycles. The molecule has 1 saturated heterocycles. The highest BCUT2D eigenvalue weighted by Crippen LogP contribution is 2.14. The highest BCUT2D eigenvalue weighted by Gasteiger charge is 2.13. The molecule has 0 spiro atoms. The van der Waals surface area contributed by atoms with E-state index in [-0.39, 0.29) is 0 Å². The molecule has 1 fully saturated rings. The van der Waals surface area contributed by atoms with Crippen molar-refractivity contribution in [2.45, 2.75) is 12.8 Å². The molecule has 2 nitrogen and oxygen atoms in total. The van der Waals surface area contributed by atoms with Crippen molar-refractivity contribution in [3.8, 4) is 0 Å². The third kappa shape index (κ3) is 3.23. The molecule has 1 rings (SSSR count). The Bertz CT molecular complexity index is 196. The molecule has 0 aromatic heterocycles. The van der Waals surface area contributed by atoms with Crippen LogP contribution in [0.1, 0.15) is 12.8 Å². The van der Waals surface area contributed by atoms with Gasteiger partial charge in [0.15, 0.2) is 0 Å². The molecule has 2 heteroatoms. The van der Waals surface area contributed by atoms with Gasteiger partial charge in [0.25, 0.3) is 0 Å². The van der Waals surface area contributed by atoms with Crippen LogP contribution < -0.4 is 0 Å². The van der Waals surface area contributed by atoms with Crippen molar-refractivity contribution in [3.05, 3.63) is 24.4 Å². The van der Waals surface area contributed by atoms with Crippen molar-refractivity contribution in [1.29, 1.82) is 0 Å². The topological polar surface area (TPSA) is 6.48 Å². The number of rotatable bonds is 3. The molecule has 74 valence electrons. The lowest BCUT2D eigenvalue weighted by molar-refractivity contribution is 0.258. The van der Waals surface area contributed by atoms with E-state index >= 15 is 0 Å². The Morgan fingerprint density at radius 2 is 1.92 bits per heavy atom. The van der Waals surface area contributed by atoms with Crippen LogP contribution in [0.25, 0.3) is 0 Å². The molecule has 1 heterocycles. The first-order valence-corrected chi connectivity index (χ1v) is 4.83. The number of likely N-dealkylation sites (tertiary alicyclic amines) is 1. The van der Waals surface area contributed by atoms with E-state index in [2.05, 4.69) is 23.0 Å². The van der Waals surface area contributed by atoms with Gasteiger partial charge >= 0.3 is 0 Å². The van der Waals surface area contributed by atoms with Crippen molar-refractivity contribution < 1.29 is 0 Å². The van der Waals surface area contributed by atoms with Gasteiger partial charge in [-0.2, -0.15) is 0 Å². The Balaban J connectivity index is 2.30. The van der Waals surface area contributed by atoms with E-state index in [1.807, 2.05) is 14.1 Å². The number of hydrogen-bond acceptors (Lipinski definition) is 2. The molecular weight excluding hydrogens is 160 g/mol. The number of hydrogen-bond donors (Lipinski definition) is 0. The lowest BCUT2D eigenvalue weighted by Gasteiger charge is -2.30. The fraction of sp³-hybridized carbons (Fsp3) is 0.636. The van der Waals surface area contributed by atoms with Gasteiger partial charge < -0.3 is 4.90 Å². The van der Waals surface area contributed by atoms with Crippen LogP contribution in [0.15, 0.2) is 24.4 Å². The summed E-state index contributed by atoms with van der Waals surface area (Å²) in [6.07, 6.45) is 2.31. The first-order valence-electron chi connectivity index (χ1n) is 4.83. The second-order valence-corrected chi connectivity index (χ2v) is 3.99. The number of nitrogens with zero attached hydrogens (tertiary/aromatic N) is 2. The van der Waals surface area contributed by atoms with Gasteiger partial charge in [0, 0.05) is 39.4 Å². The van der Waals surface area contributed by atoms with Gasteiger partial charge in [-0.15, -0.1) is 0 Å². The van der Waals surface area contributed by atoms with E-state index in [9.17, 15) is 0 Å². The largest absolute Gasteiger partial charge is 0.380 e. The Hall–Kier alpha value is -0.760. The third-order valence-electron chi connectivity index (χ3n) is 2.60. The van der Waals surface area contributed by atoms with Gasteiger partial charge in [-0.1, -0.05) is 18.7 Å². The van der Waals surface area contributed by atoms with Crippen LogP contribution in [0.4, 0.5) is 0 Å². The van der Waals surface area contributed by atoms with Gasteiger partial charge in [-0.25, -0.2) is 0 Å². The van der Waals surface area contributed by atoms with Gasteiger partial charge in [0.05, 0.1) is 0 Å². The summed E-state index contributed by atoms with van der Waals surface area (Å²) in [7, 11) is 4.09. The van der Waals surface area contributed by atoms with Crippen LogP contribution in [-0.4, -0.2) is 43.5 Å². The maximum atomic E-state index is 4.03. The monoisotopic (exact) mass is 180 g/mol. The summed E-state index contributed by atoms with van der Waals surface area (Å²) >= 11 is 0. The molecule has 1 aliphatic rings. The fourth-order valence-corrected chi connectivity index (χ4v) is 1.43. The Morgan fingerprint density at radius 3 is 2.38 bits per heavy atom. The predicted octanol–water partition coefficient (Wildman–Crippen LogP) is 1.71. The summed E-state index contributed by atoms with van der Waals surface area (Å²) in [5, 5.41) is 0. The van der Waals surface area contributed by atoms with Gasteiger partial charge in [0.1, 0.15) is 0 Å². The maximum Gasteiger partial charge on any atom is 0.0377 e. The van der Waals surface area contributed by atoms with Gasteiger partial charge in [-0.05, 0) is 12.8 Å². The van der Waals surface area contributed by atoms with Crippen LogP contribution in [0.5, 0.6) is 0 Å². The van der Waals surface area contributed by atoms with Crippen LogP contribution in [0, 0.1) is 0 Å². The van der Waals surface area contributed by atoms with Crippen molar-refractivity contribution >= 4 is 0 Å². The highest BCUT2D eigenvalue weighted by atomic mass is 15.2. The van der Waals surface area contributed by atoms with E-state index in [4.69, 9.17) is 0 Å². The second kappa shape index (κ2) is 4.47. The fourth-order valence-electron chi connectivity index (χ4n) is 1.43. The summed E-state index contributed by atoms with van der Waals surface area (Å²) in [5.41, 5.74) is 2.58. The highest BCUT2D eigenvalue weighted by molar-refractivity contribution is 5.02. The SMILES string of the molecule is C=C1CCN(CC(=C)N(C)C)CC1. The second-order valence-electron chi connectivity index (χ2n) is 3.99. The molecule has 0 aromatic rings. The third-order valence-corrected chi connectivity index (χ3v) is 2.60. The van der Waals surface area contributed by atoms with E-state index in [1.165, 1.54) is 11.3 Å². The summed E-state index contributed by atoms with van der Waals surface area (Å²) in [5.74, 6) is 0. The molecule has 0 atom stereocenters. The Morgan fingerprint density at radius 1 is 1.38 bits per heavy atom. The maximum absolute atomic E-state index is 4.03. The van der Waals surface area contributed by atoms with Crippen molar-refractivity contribution in [2.24, 2.45) is 0 Å². The molecule has 0 saturated carbocycles. The average Bonchev–Trinajstić information content (AvgIpc) is 2.08. The van der Waals surface area contributed by atoms with E-state index in [0.717, 1.165) is 32.5 Å². The van der Waals surface area contributed by atoms with Gasteiger partial charge in [0.2, 0.25) is 0 Å². The van der Waals surface area contributed by atoms with Crippen LogP contribution in [0.3, 0.4) is 0 Å². The zero-order valence-electron chi connectivity index (χ0n) is 8.84. The molecule has 0 bridgehead atoms. The summed E-state index contributed by atoms with van der Waals surface area (Å²) in [6.45, 7) is 11.3. The van der Waals surface area contributed by atoms with Crippen molar-refractivity contribution in [2.75, 3.05) is 33.7 Å². The molecular formula is C11H20N2. The van der Waals surface area contributed by atoms with Crippen LogP contribution in [-0.2, 0) is 0 Å². The quantitative estimate of drug-likeness (QED) is 0.610. The lowest BCUT2D eigenvalue weighted by atomic mass is 10.1. The average molecular weight is 180 g/mol. The van der Waals surface area contributed by atoms with Crippen LogP contribution >= 0.6 is 0 Å². The minimum Gasteiger partial charge on any atom is -0.380 e. The smallest absolute Gasteiger partial charge is 0.0377 e. The molecule has 0 amide bonds. The molecule has 13 heavy (non-hydrogen) atoms. The van der Waals surface area contributed by atoms with Crippen molar-refractivity contribution in [1.82, 2.24) is 9.80 Å². The van der Waals surface area contributed by atoms with E-state index in [0.29, 0.717) is 0 Å². The number of piperidine rings is 1. The zero-order valence-corrected chi connectivity index (χ0v) is 8.84. The Kier molecular flexibility index (Phi) is 3.55. The van der Waals surface area contributed by atoms with Crippen molar-refractivity contribution in [3.63, 3.8) is 0 Å². The first kappa shape index (κ1) is 10.3. The molecule has 0 aliphatic carbocycles. The predicted molar refractivity (Wildman–Crippen MR) is 57.6 cm³/mol. The lowest BCUT2D eigenvalue weighted by Crippen LogP contribution is -2.34. The molecule has 0 radical (unpaired) electrons. The summed E-state index contributed by atoms with van der Waals surface area (Å²) in [4.78, 5) is 4.53. The molecule has 0 aromatic carbocycles. The summed E-state index contributed by atoms with van der Waals surface area (Å²) in [6, 6.07) is 0. The normalized spacial score (nSPS) is 18.8. The zero-order chi connectivity index (χ0) is 9.84. The van der Waals surface area contributed by atoms with E-state index in [1.54, 1.807) is 0 Å². The van der Waals surface area contributed by atoms with E-state index < -0.39 is 0 Å². The van der Waals surface area contributed by atoms with Crippen LogP contribution in [0.2, 0.25) is 0 Å². The molecule has 0 N–H and O–H groups in total. The summed E-state index contributed by atoms with van der Waals surface area (Å²) < 4.78 is 0. The van der Waals surface area contributed by atoms with Gasteiger partial charge in [-0.3, -0.25) is 4.90 Å². The standard InChI is InChI=1S/C11H20N2/c1-10-5-7-13(8-6-10)9-11(2)12(3)4/h1-2,5-9H2,3-4H3.